The van der Waals surface area contributed by atoms with Crippen LogP contribution in [0, 0.1) is 0 Å². The highest BCUT2D eigenvalue weighted by atomic mass is 35.5. The second-order valence-corrected chi connectivity index (χ2v) is 6.94. The predicted molar refractivity (Wildman–Crippen MR) is 97.2 cm³/mol. The lowest BCUT2D eigenvalue weighted by atomic mass is 10.1. The minimum Gasteiger partial charge on any atom is -0.493 e. The average Bonchev–Trinajstić information content (AvgIpc) is 3.09. The van der Waals surface area contributed by atoms with Crippen molar-refractivity contribution in [3.63, 3.8) is 0 Å². The second kappa shape index (κ2) is 7.36. The van der Waals surface area contributed by atoms with E-state index in [4.69, 9.17) is 21.1 Å². The fourth-order valence-corrected chi connectivity index (χ4v) is 4.29. The molecule has 1 aliphatic rings. The van der Waals surface area contributed by atoms with Crippen molar-refractivity contribution in [3.05, 3.63) is 58.6 Å². The van der Waals surface area contributed by atoms with Crippen LogP contribution in [0.4, 0.5) is 0 Å². The topological polar surface area (TPSA) is 38.8 Å². The van der Waals surface area contributed by atoms with Crippen LogP contribution in [0.15, 0.2) is 42.5 Å². The lowest BCUT2D eigenvalue weighted by Crippen LogP contribution is -2.30. The summed E-state index contributed by atoms with van der Waals surface area (Å²) in [6.45, 7) is 0.682. The normalized spacial score (nSPS) is 17.0. The van der Waals surface area contributed by atoms with Gasteiger partial charge in [-0.25, -0.2) is 0 Å². The van der Waals surface area contributed by atoms with E-state index in [1.807, 2.05) is 23.1 Å². The molecule has 1 saturated heterocycles. The number of hydrogen-bond acceptors (Lipinski definition) is 4. The second-order valence-electron chi connectivity index (χ2n) is 5.31. The molecule has 1 atom stereocenters. The number of para-hydroxylation sites is 1. The minimum absolute atomic E-state index is 0.0302. The van der Waals surface area contributed by atoms with Crippen molar-refractivity contribution >= 4 is 29.3 Å². The molecule has 126 valence electrons. The third-order valence-corrected chi connectivity index (χ3v) is 5.40. The number of carbonyl (C=O) groups is 1. The maximum atomic E-state index is 12.9. The van der Waals surface area contributed by atoms with Crippen LogP contribution < -0.4 is 9.47 Å². The van der Waals surface area contributed by atoms with E-state index < -0.39 is 0 Å². The molecule has 0 N–H and O–H groups in total. The first-order valence-corrected chi connectivity index (χ1v) is 8.97. The average molecular weight is 364 g/mol. The zero-order valence-electron chi connectivity index (χ0n) is 13.5. The molecule has 0 spiro atoms. The van der Waals surface area contributed by atoms with Crippen molar-refractivity contribution in [3.8, 4) is 11.5 Å². The molecule has 0 aromatic heterocycles. The number of nitrogens with zero attached hydrogens (tertiary/aromatic N) is 1. The van der Waals surface area contributed by atoms with Crippen LogP contribution >= 0.6 is 23.4 Å². The summed E-state index contributed by atoms with van der Waals surface area (Å²) in [5.74, 6) is 2.18. The first-order chi connectivity index (χ1) is 11.7. The van der Waals surface area contributed by atoms with Crippen LogP contribution in [0.5, 0.6) is 11.5 Å². The third-order valence-electron chi connectivity index (χ3n) is 3.92. The van der Waals surface area contributed by atoms with E-state index in [9.17, 15) is 4.79 Å². The van der Waals surface area contributed by atoms with Crippen LogP contribution in [0.1, 0.15) is 21.3 Å². The number of amides is 1. The van der Waals surface area contributed by atoms with E-state index in [0.29, 0.717) is 28.6 Å². The van der Waals surface area contributed by atoms with Gasteiger partial charge < -0.3 is 14.4 Å². The first-order valence-electron chi connectivity index (χ1n) is 7.54. The van der Waals surface area contributed by atoms with Crippen molar-refractivity contribution < 1.29 is 14.3 Å². The zero-order valence-corrected chi connectivity index (χ0v) is 15.1. The summed E-state index contributed by atoms with van der Waals surface area (Å²) in [4.78, 5) is 14.8. The molecule has 0 bridgehead atoms. The number of carbonyl (C=O) groups excluding carboxylic acids is 1. The van der Waals surface area contributed by atoms with Gasteiger partial charge in [-0.3, -0.25) is 4.79 Å². The predicted octanol–water partition coefficient (Wildman–Crippen LogP) is 4.25. The van der Waals surface area contributed by atoms with Crippen molar-refractivity contribution in [1.82, 2.24) is 4.90 Å². The van der Waals surface area contributed by atoms with Gasteiger partial charge in [-0.15, -0.1) is 11.8 Å². The molecule has 6 heteroatoms. The Morgan fingerprint density at radius 1 is 1.21 bits per heavy atom. The maximum absolute atomic E-state index is 12.9. The van der Waals surface area contributed by atoms with Gasteiger partial charge in [0.1, 0.15) is 5.37 Å². The quantitative estimate of drug-likeness (QED) is 0.814. The molecule has 1 aliphatic heterocycles. The van der Waals surface area contributed by atoms with Gasteiger partial charge in [0.25, 0.3) is 5.91 Å². The van der Waals surface area contributed by atoms with Crippen LogP contribution in [0.2, 0.25) is 5.02 Å². The van der Waals surface area contributed by atoms with Crippen molar-refractivity contribution in [2.75, 3.05) is 26.5 Å². The molecule has 0 aliphatic carbocycles. The number of ether oxygens (including phenoxy) is 2. The zero-order chi connectivity index (χ0) is 17.1. The Bertz CT molecular complexity index is 753. The number of rotatable bonds is 4. The van der Waals surface area contributed by atoms with Gasteiger partial charge in [-0.05, 0) is 24.3 Å². The molecular weight excluding hydrogens is 346 g/mol. The monoisotopic (exact) mass is 363 g/mol. The first kappa shape index (κ1) is 17.0. The van der Waals surface area contributed by atoms with Gasteiger partial charge in [0, 0.05) is 28.4 Å². The van der Waals surface area contributed by atoms with Crippen LogP contribution in [0.25, 0.3) is 0 Å². The highest BCUT2D eigenvalue weighted by Crippen LogP contribution is 2.45. The summed E-state index contributed by atoms with van der Waals surface area (Å²) in [6.07, 6.45) is 0. The van der Waals surface area contributed by atoms with E-state index in [-0.39, 0.29) is 11.3 Å². The Hall–Kier alpha value is -1.85. The minimum atomic E-state index is -0.110. The fourth-order valence-electron chi connectivity index (χ4n) is 2.83. The molecule has 3 rings (SSSR count). The summed E-state index contributed by atoms with van der Waals surface area (Å²) >= 11 is 7.74. The molecule has 24 heavy (non-hydrogen) atoms. The Morgan fingerprint density at radius 3 is 2.71 bits per heavy atom. The lowest BCUT2D eigenvalue weighted by molar-refractivity contribution is 0.0759. The molecule has 0 radical (unpaired) electrons. The Balaban J connectivity index is 1.95. The van der Waals surface area contributed by atoms with E-state index in [0.717, 1.165) is 11.3 Å². The fraction of sp³-hybridized carbons (Fsp3) is 0.278. The highest BCUT2D eigenvalue weighted by Gasteiger charge is 2.33. The summed E-state index contributed by atoms with van der Waals surface area (Å²) in [7, 11) is 3.22. The van der Waals surface area contributed by atoms with E-state index in [1.54, 1.807) is 50.2 Å². The van der Waals surface area contributed by atoms with Gasteiger partial charge in [0.2, 0.25) is 0 Å². The van der Waals surface area contributed by atoms with Gasteiger partial charge in [-0.2, -0.15) is 0 Å². The van der Waals surface area contributed by atoms with Crippen molar-refractivity contribution in [1.29, 1.82) is 0 Å². The molecule has 1 fully saturated rings. The summed E-state index contributed by atoms with van der Waals surface area (Å²) in [6, 6.07) is 12.8. The lowest BCUT2D eigenvalue weighted by Gasteiger charge is -2.26. The van der Waals surface area contributed by atoms with Crippen LogP contribution in [-0.2, 0) is 0 Å². The van der Waals surface area contributed by atoms with Crippen LogP contribution in [-0.4, -0.2) is 37.3 Å². The number of methoxy groups -OCH3 is 2. The van der Waals surface area contributed by atoms with Gasteiger partial charge in [-0.1, -0.05) is 29.8 Å². The largest absolute Gasteiger partial charge is 0.493 e. The van der Waals surface area contributed by atoms with E-state index in [1.165, 1.54) is 0 Å². The molecule has 4 nitrogen and oxygen atoms in total. The third kappa shape index (κ3) is 3.19. The SMILES string of the molecule is COc1cccc(C2SCCN2C(=O)c2cccc(Cl)c2)c1OC. The van der Waals surface area contributed by atoms with Crippen molar-refractivity contribution in [2.45, 2.75) is 5.37 Å². The number of halogens is 1. The Labute approximate surface area is 150 Å². The molecule has 2 aromatic carbocycles. The van der Waals surface area contributed by atoms with Crippen LogP contribution in [0.3, 0.4) is 0 Å². The standard InChI is InChI=1S/C18H18ClNO3S/c1-22-15-8-4-7-14(16(15)23-2)18-20(9-10-24-18)17(21)12-5-3-6-13(19)11-12/h3-8,11,18H,9-10H2,1-2H3. The van der Waals surface area contributed by atoms with E-state index >= 15 is 0 Å². The van der Waals surface area contributed by atoms with Crippen molar-refractivity contribution in [2.24, 2.45) is 0 Å². The van der Waals surface area contributed by atoms with Gasteiger partial charge in [0.05, 0.1) is 14.2 Å². The summed E-state index contributed by atoms with van der Waals surface area (Å²) in [5.41, 5.74) is 1.53. The molecular formula is C18H18ClNO3S. The summed E-state index contributed by atoms with van der Waals surface area (Å²) < 4.78 is 10.9. The molecule has 0 saturated carbocycles. The smallest absolute Gasteiger partial charge is 0.255 e. The molecule has 1 unspecified atom stereocenters. The Morgan fingerprint density at radius 2 is 2.00 bits per heavy atom. The summed E-state index contributed by atoms with van der Waals surface area (Å²) in [5, 5.41) is 0.449. The molecule has 1 heterocycles. The van der Waals surface area contributed by atoms with E-state index in [2.05, 4.69) is 0 Å². The molecule has 2 aromatic rings. The number of thioether (sulfide) groups is 1. The van der Waals surface area contributed by atoms with Gasteiger partial charge >= 0.3 is 0 Å². The number of benzene rings is 2. The van der Waals surface area contributed by atoms with Gasteiger partial charge in [0.15, 0.2) is 11.5 Å². The maximum Gasteiger partial charge on any atom is 0.255 e. The molecule has 1 amide bonds. The Kier molecular flexibility index (Phi) is 5.21. The highest BCUT2D eigenvalue weighted by molar-refractivity contribution is 7.99. The number of hydrogen-bond donors (Lipinski definition) is 0.